The largest absolute Gasteiger partial charge is 0.378 e. The molecule has 0 bridgehead atoms. The molecule has 2 saturated heterocycles. The first-order valence-corrected chi connectivity index (χ1v) is 7.45. The number of nitrogens with one attached hydrogen (secondary N) is 1. The molecule has 0 saturated carbocycles. The SMILES string of the molecule is CC1SCCN(C(=O)CC2COCCN2)C1C. The number of morpholine rings is 1. The van der Waals surface area contributed by atoms with Gasteiger partial charge in [0, 0.05) is 42.6 Å². The summed E-state index contributed by atoms with van der Waals surface area (Å²) in [5.41, 5.74) is 0. The molecule has 2 fully saturated rings. The zero-order valence-corrected chi connectivity index (χ0v) is 11.5. The molecule has 17 heavy (non-hydrogen) atoms. The van der Waals surface area contributed by atoms with Gasteiger partial charge in [-0.2, -0.15) is 11.8 Å². The first kappa shape index (κ1) is 13.2. The van der Waals surface area contributed by atoms with Gasteiger partial charge in [-0.1, -0.05) is 6.92 Å². The molecular formula is C12H22N2O2S. The lowest BCUT2D eigenvalue weighted by Crippen LogP contribution is -2.51. The average Bonchev–Trinajstić information content (AvgIpc) is 2.34. The molecule has 0 aromatic heterocycles. The van der Waals surface area contributed by atoms with Crippen LogP contribution in [0.4, 0.5) is 0 Å². The van der Waals surface area contributed by atoms with Crippen LogP contribution in [0.5, 0.6) is 0 Å². The Bertz CT molecular complexity index is 269. The number of ether oxygens (including phenoxy) is 1. The number of nitrogens with zero attached hydrogens (tertiary/aromatic N) is 1. The van der Waals surface area contributed by atoms with Gasteiger partial charge in [-0.3, -0.25) is 4.79 Å². The monoisotopic (exact) mass is 258 g/mol. The van der Waals surface area contributed by atoms with E-state index in [9.17, 15) is 4.79 Å². The Morgan fingerprint density at radius 2 is 2.35 bits per heavy atom. The van der Waals surface area contributed by atoms with Gasteiger partial charge in [0.2, 0.25) is 5.91 Å². The minimum Gasteiger partial charge on any atom is -0.378 e. The summed E-state index contributed by atoms with van der Waals surface area (Å²) in [4.78, 5) is 14.3. The molecule has 3 atom stereocenters. The third kappa shape index (κ3) is 3.36. The summed E-state index contributed by atoms with van der Waals surface area (Å²) in [6, 6.07) is 0.555. The molecule has 1 N–H and O–H groups in total. The van der Waals surface area contributed by atoms with E-state index in [2.05, 4.69) is 19.2 Å². The molecule has 0 aliphatic carbocycles. The Kier molecular flexibility index (Phi) is 4.70. The lowest BCUT2D eigenvalue weighted by atomic mass is 10.1. The van der Waals surface area contributed by atoms with Crippen molar-refractivity contribution in [3.8, 4) is 0 Å². The summed E-state index contributed by atoms with van der Waals surface area (Å²) < 4.78 is 5.38. The van der Waals surface area contributed by atoms with Crippen LogP contribution >= 0.6 is 11.8 Å². The second-order valence-corrected chi connectivity index (χ2v) is 6.32. The number of rotatable bonds is 2. The molecular weight excluding hydrogens is 236 g/mol. The molecule has 2 aliphatic rings. The second-order valence-electron chi connectivity index (χ2n) is 4.83. The lowest BCUT2D eigenvalue weighted by Gasteiger charge is -2.38. The van der Waals surface area contributed by atoms with Crippen LogP contribution in [0.25, 0.3) is 0 Å². The van der Waals surface area contributed by atoms with E-state index in [0.29, 0.717) is 24.3 Å². The number of thioether (sulfide) groups is 1. The minimum atomic E-state index is 0.202. The Balaban J connectivity index is 1.85. The smallest absolute Gasteiger partial charge is 0.224 e. The van der Waals surface area contributed by atoms with Crippen LogP contribution < -0.4 is 5.32 Å². The van der Waals surface area contributed by atoms with Gasteiger partial charge in [0.25, 0.3) is 0 Å². The maximum absolute atomic E-state index is 12.2. The Labute approximate surface area is 107 Å². The summed E-state index contributed by atoms with van der Waals surface area (Å²) in [6.45, 7) is 7.54. The summed E-state index contributed by atoms with van der Waals surface area (Å²) in [5.74, 6) is 1.33. The van der Waals surface area contributed by atoms with Gasteiger partial charge in [0.05, 0.1) is 13.2 Å². The molecule has 0 radical (unpaired) electrons. The van der Waals surface area contributed by atoms with Gasteiger partial charge < -0.3 is 15.0 Å². The molecule has 4 nitrogen and oxygen atoms in total. The van der Waals surface area contributed by atoms with Crippen molar-refractivity contribution in [3.63, 3.8) is 0 Å². The average molecular weight is 258 g/mol. The van der Waals surface area contributed by atoms with E-state index in [0.717, 1.165) is 25.4 Å². The van der Waals surface area contributed by atoms with Crippen molar-refractivity contribution in [3.05, 3.63) is 0 Å². The van der Waals surface area contributed by atoms with Crippen molar-refractivity contribution in [2.45, 2.75) is 37.6 Å². The highest BCUT2D eigenvalue weighted by atomic mass is 32.2. The van der Waals surface area contributed by atoms with Crippen LogP contribution in [-0.4, -0.2) is 60.2 Å². The fraction of sp³-hybridized carbons (Fsp3) is 0.917. The van der Waals surface area contributed by atoms with Gasteiger partial charge in [-0.05, 0) is 6.92 Å². The van der Waals surface area contributed by atoms with Crippen molar-refractivity contribution in [1.82, 2.24) is 10.2 Å². The molecule has 0 spiro atoms. The van der Waals surface area contributed by atoms with Crippen molar-refractivity contribution in [2.24, 2.45) is 0 Å². The molecule has 0 aromatic rings. The van der Waals surface area contributed by atoms with Crippen molar-refractivity contribution >= 4 is 17.7 Å². The Morgan fingerprint density at radius 3 is 3.06 bits per heavy atom. The van der Waals surface area contributed by atoms with Crippen molar-refractivity contribution < 1.29 is 9.53 Å². The quantitative estimate of drug-likeness (QED) is 0.792. The minimum absolute atomic E-state index is 0.202. The molecule has 2 aliphatic heterocycles. The molecule has 98 valence electrons. The fourth-order valence-electron chi connectivity index (χ4n) is 2.36. The predicted molar refractivity (Wildman–Crippen MR) is 70.3 cm³/mol. The van der Waals surface area contributed by atoms with E-state index in [4.69, 9.17) is 4.74 Å². The van der Waals surface area contributed by atoms with Gasteiger partial charge in [0.1, 0.15) is 0 Å². The lowest BCUT2D eigenvalue weighted by molar-refractivity contribution is -0.134. The molecule has 0 aromatic carbocycles. The maximum atomic E-state index is 12.2. The van der Waals surface area contributed by atoms with E-state index in [-0.39, 0.29) is 11.9 Å². The molecule has 2 rings (SSSR count). The first-order valence-electron chi connectivity index (χ1n) is 6.40. The molecule has 2 heterocycles. The van der Waals surface area contributed by atoms with E-state index < -0.39 is 0 Å². The number of hydrogen-bond acceptors (Lipinski definition) is 4. The van der Waals surface area contributed by atoms with Crippen LogP contribution in [0.3, 0.4) is 0 Å². The van der Waals surface area contributed by atoms with Gasteiger partial charge in [-0.15, -0.1) is 0 Å². The zero-order valence-electron chi connectivity index (χ0n) is 10.6. The van der Waals surface area contributed by atoms with Crippen LogP contribution in [0.1, 0.15) is 20.3 Å². The Hall–Kier alpha value is -0.260. The summed E-state index contributed by atoms with van der Waals surface area (Å²) in [6.07, 6.45) is 0.571. The Morgan fingerprint density at radius 1 is 1.53 bits per heavy atom. The fourth-order valence-corrected chi connectivity index (χ4v) is 3.46. The summed E-state index contributed by atoms with van der Waals surface area (Å²) in [7, 11) is 0. The third-order valence-corrected chi connectivity index (χ3v) is 4.96. The maximum Gasteiger partial charge on any atom is 0.224 e. The first-order chi connectivity index (χ1) is 8.18. The molecule has 5 heteroatoms. The van der Waals surface area contributed by atoms with Gasteiger partial charge in [0.15, 0.2) is 0 Å². The van der Waals surface area contributed by atoms with Gasteiger partial charge >= 0.3 is 0 Å². The van der Waals surface area contributed by atoms with Crippen LogP contribution in [0.15, 0.2) is 0 Å². The number of carbonyl (C=O) groups is 1. The van der Waals surface area contributed by atoms with E-state index in [1.54, 1.807) is 0 Å². The highest BCUT2D eigenvalue weighted by Crippen LogP contribution is 2.24. The summed E-state index contributed by atoms with van der Waals surface area (Å²) in [5, 5.41) is 3.88. The predicted octanol–water partition coefficient (Wildman–Crippen LogP) is 0.717. The standard InChI is InChI=1S/C12H22N2O2S/c1-9-10(2)17-6-4-14(9)12(15)7-11-8-16-5-3-13-11/h9-11,13H,3-8H2,1-2H3. The van der Waals surface area contributed by atoms with Crippen LogP contribution in [-0.2, 0) is 9.53 Å². The van der Waals surface area contributed by atoms with Crippen molar-refractivity contribution in [1.29, 1.82) is 0 Å². The van der Waals surface area contributed by atoms with E-state index in [1.165, 1.54) is 0 Å². The third-order valence-electron chi connectivity index (χ3n) is 3.62. The normalized spacial score (nSPS) is 34.7. The number of hydrogen-bond donors (Lipinski definition) is 1. The summed E-state index contributed by atoms with van der Waals surface area (Å²) >= 11 is 1.96. The highest BCUT2D eigenvalue weighted by Gasteiger charge is 2.30. The number of amides is 1. The van der Waals surface area contributed by atoms with E-state index >= 15 is 0 Å². The van der Waals surface area contributed by atoms with Crippen LogP contribution in [0, 0.1) is 0 Å². The van der Waals surface area contributed by atoms with Crippen LogP contribution in [0.2, 0.25) is 0 Å². The van der Waals surface area contributed by atoms with Gasteiger partial charge in [-0.25, -0.2) is 0 Å². The highest BCUT2D eigenvalue weighted by molar-refractivity contribution is 8.00. The zero-order chi connectivity index (χ0) is 12.3. The second kappa shape index (κ2) is 6.07. The van der Waals surface area contributed by atoms with E-state index in [1.807, 2.05) is 16.7 Å². The van der Waals surface area contributed by atoms with Crippen molar-refractivity contribution in [2.75, 3.05) is 32.1 Å². The topological polar surface area (TPSA) is 41.6 Å². The molecule has 1 amide bonds. The molecule has 3 unspecified atom stereocenters. The number of carbonyl (C=O) groups excluding carboxylic acids is 1.